The van der Waals surface area contributed by atoms with E-state index >= 15 is 0 Å². The Morgan fingerprint density at radius 3 is 2.47 bits per heavy atom. The fourth-order valence-electron chi connectivity index (χ4n) is 1.84. The highest BCUT2D eigenvalue weighted by atomic mass is 16.1. The van der Waals surface area contributed by atoms with Crippen LogP contribution >= 0.6 is 0 Å². The molecule has 2 aromatic rings. The summed E-state index contributed by atoms with van der Waals surface area (Å²) in [6.45, 7) is 4.06. The predicted octanol–water partition coefficient (Wildman–Crippen LogP) is 3.73. The van der Waals surface area contributed by atoms with E-state index in [9.17, 15) is 4.79 Å². The van der Waals surface area contributed by atoms with Gasteiger partial charge in [0.15, 0.2) is 0 Å². The quantitative estimate of drug-likeness (QED) is 0.903. The van der Waals surface area contributed by atoms with Crippen LogP contribution in [0, 0.1) is 5.92 Å². The molecule has 0 saturated carbocycles. The Bertz CT molecular complexity index is 532. The van der Waals surface area contributed by atoms with Crippen molar-refractivity contribution in [2.45, 2.75) is 20.3 Å². The molecule has 0 aliphatic carbocycles. The molecular formula is C16H18N2O. The summed E-state index contributed by atoms with van der Waals surface area (Å²) in [5, 5.41) is 2.89. The second-order valence-corrected chi connectivity index (χ2v) is 4.94. The number of rotatable bonds is 4. The molecule has 3 nitrogen and oxygen atoms in total. The lowest BCUT2D eigenvalue weighted by molar-refractivity contribution is -0.116. The van der Waals surface area contributed by atoms with Crippen molar-refractivity contribution in [1.29, 1.82) is 0 Å². The number of nitrogens with zero attached hydrogens (tertiary/aromatic N) is 1. The molecule has 0 unspecified atom stereocenters. The van der Waals surface area contributed by atoms with E-state index in [1.807, 2.05) is 56.3 Å². The van der Waals surface area contributed by atoms with E-state index < -0.39 is 0 Å². The highest BCUT2D eigenvalue weighted by molar-refractivity contribution is 5.91. The Hall–Kier alpha value is -2.16. The van der Waals surface area contributed by atoms with Crippen molar-refractivity contribution in [1.82, 2.24) is 4.98 Å². The number of carbonyl (C=O) groups is 1. The topological polar surface area (TPSA) is 42.0 Å². The summed E-state index contributed by atoms with van der Waals surface area (Å²) in [4.78, 5) is 15.9. The zero-order valence-electron chi connectivity index (χ0n) is 11.3. The molecule has 0 bridgehead atoms. The first-order valence-electron chi connectivity index (χ1n) is 6.46. The molecule has 0 spiro atoms. The van der Waals surface area contributed by atoms with E-state index in [1.165, 1.54) is 0 Å². The van der Waals surface area contributed by atoms with Crippen molar-refractivity contribution in [2.24, 2.45) is 5.92 Å². The Morgan fingerprint density at radius 1 is 1.16 bits per heavy atom. The van der Waals surface area contributed by atoms with Crippen LogP contribution in [0.2, 0.25) is 0 Å². The van der Waals surface area contributed by atoms with E-state index in [1.54, 1.807) is 6.20 Å². The number of nitrogens with one attached hydrogen (secondary N) is 1. The van der Waals surface area contributed by atoms with Gasteiger partial charge in [-0.2, -0.15) is 0 Å². The van der Waals surface area contributed by atoms with E-state index in [2.05, 4.69) is 10.3 Å². The molecule has 0 aliphatic rings. The van der Waals surface area contributed by atoms with Crippen LogP contribution < -0.4 is 5.32 Å². The summed E-state index contributed by atoms with van der Waals surface area (Å²) in [6, 6.07) is 13.6. The van der Waals surface area contributed by atoms with Crippen molar-refractivity contribution < 1.29 is 4.79 Å². The van der Waals surface area contributed by atoms with Gasteiger partial charge in [-0.25, -0.2) is 0 Å². The van der Waals surface area contributed by atoms with Crippen LogP contribution in [0.4, 0.5) is 5.69 Å². The largest absolute Gasteiger partial charge is 0.326 e. The van der Waals surface area contributed by atoms with Crippen LogP contribution in [0.5, 0.6) is 0 Å². The average Bonchev–Trinajstić information content (AvgIpc) is 2.39. The molecule has 1 amide bonds. The van der Waals surface area contributed by atoms with Gasteiger partial charge in [0.1, 0.15) is 0 Å². The third-order valence-corrected chi connectivity index (χ3v) is 2.72. The first kappa shape index (κ1) is 13.3. The summed E-state index contributed by atoms with van der Waals surface area (Å²) >= 11 is 0. The molecule has 2 rings (SSSR count). The van der Waals surface area contributed by atoms with Crippen molar-refractivity contribution in [3.05, 3.63) is 48.7 Å². The third-order valence-electron chi connectivity index (χ3n) is 2.72. The second-order valence-electron chi connectivity index (χ2n) is 4.94. The first-order chi connectivity index (χ1) is 9.15. The summed E-state index contributed by atoms with van der Waals surface area (Å²) < 4.78 is 0. The van der Waals surface area contributed by atoms with Gasteiger partial charge in [0.2, 0.25) is 5.91 Å². The Kier molecular flexibility index (Phi) is 4.29. The lowest BCUT2D eigenvalue weighted by Gasteiger charge is -2.08. The fourth-order valence-corrected chi connectivity index (χ4v) is 1.84. The van der Waals surface area contributed by atoms with Crippen LogP contribution in [-0.4, -0.2) is 10.9 Å². The molecule has 0 radical (unpaired) electrons. The number of hydrogen-bond acceptors (Lipinski definition) is 2. The summed E-state index contributed by atoms with van der Waals surface area (Å²) in [6.07, 6.45) is 2.32. The van der Waals surface area contributed by atoms with Crippen molar-refractivity contribution in [3.63, 3.8) is 0 Å². The minimum absolute atomic E-state index is 0.0561. The molecular weight excluding hydrogens is 236 g/mol. The number of carbonyl (C=O) groups excluding carboxylic acids is 1. The number of hydrogen-bond donors (Lipinski definition) is 1. The maximum Gasteiger partial charge on any atom is 0.224 e. The molecule has 0 saturated heterocycles. The maximum atomic E-state index is 11.7. The highest BCUT2D eigenvalue weighted by Gasteiger charge is 2.05. The van der Waals surface area contributed by atoms with Crippen LogP contribution in [-0.2, 0) is 4.79 Å². The number of anilines is 1. The normalized spacial score (nSPS) is 10.5. The van der Waals surface area contributed by atoms with Crippen LogP contribution in [0.1, 0.15) is 20.3 Å². The van der Waals surface area contributed by atoms with Crippen molar-refractivity contribution >= 4 is 11.6 Å². The smallest absolute Gasteiger partial charge is 0.224 e. The number of aromatic nitrogens is 1. The molecule has 0 atom stereocenters. The van der Waals surface area contributed by atoms with Gasteiger partial charge in [0.25, 0.3) is 0 Å². The van der Waals surface area contributed by atoms with E-state index in [0.717, 1.165) is 16.9 Å². The van der Waals surface area contributed by atoms with Crippen molar-refractivity contribution in [2.75, 3.05) is 5.32 Å². The lowest BCUT2D eigenvalue weighted by atomic mass is 10.1. The van der Waals surface area contributed by atoms with E-state index in [4.69, 9.17) is 0 Å². The van der Waals surface area contributed by atoms with Crippen molar-refractivity contribution in [3.8, 4) is 11.3 Å². The summed E-state index contributed by atoms with van der Waals surface area (Å²) in [5.74, 6) is 0.424. The number of amides is 1. The maximum absolute atomic E-state index is 11.7. The highest BCUT2D eigenvalue weighted by Crippen LogP contribution is 2.19. The minimum Gasteiger partial charge on any atom is -0.326 e. The van der Waals surface area contributed by atoms with E-state index in [-0.39, 0.29) is 5.91 Å². The van der Waals surface area contributed by atoms with Gasteiger partial charge < -0.3 is 5.32 Å². The minimum atomic E-state index is 0.0561. The molecule has 19 heavy (non-hydrogen) atoms. The molecule has 0 aliphatic heterocycles. The SMILES string of the molecule is CC(C)CC(=O)Nc1ccc(-c2ccccn2)cc1. The van der Waals surface area contributed by atoms with Gasteiger partial charge >= 0.3 is 0 Å². The molecule has 1 aromatic heterocycles. The lowest BCUT2D eigenvalue weighted by Crippen LogP contribution is -2.13. The Labute approximate surface area is 113 Å². The first-order valence-corrected chi connectivity index (χ1v) is 6.46. The van der Waals surface area contributed by atoms with Gasteiger partial charge in [-0.05, 0) is 30.2 Å². The third kappa shape index (κ3) is 3.91. The van der Waals surface area contributed by atoms with E-state index in [0.29, 0.717) is 12.3 Å². The Morgan fingerprint density at radius 2 is 1.89 bits per heavy atom. The van der Waals surface area contributed by atoms with Gasteiger partial charge in [-0.3, -0.25) is 9.78 Å². The molecule has 1 aromatic carbocycles. The van der Waals surface area contributed by atoms with Crippen LogP contribution in [0.25, 0.3) is 11.3 Å². The second kappa shape index (κ2) is 6.14. The van der Waals surface area contributed by atoms with Crippen LogP contribution in [0.3, 0.4) is 0 Å². The van der Waals surface area contributed by atoms with Gasteiger partial charge in [-0.1, -0.05) is 32.0 Å². The van der Waals surface area contributed by atoms with Gasteiger partial charge in [0, 0.05) is 23.9 Å². The standard InChI is InChI=1S/C16H18N2O/c1-12(2)11-16(19)18-14-8-6-13(7-9-14)15-5-3-4-10-17-15/h3-10,12H,11H2,1-2H3,(H,18,19). The number of pyridine rings is 1. The molecule has 0 fully saturated rings. The monoisotopic (exact) mass is 254 g/mol. The number of benzene rings is 1. The fraction of sp³-hybridized carbons (Fsp3) is 0.250. The summed E-state index contributed by atoms with van der Waals surface area (Å²) in [5.41, 5.74) is 2.80. The molecule has 98 valence electrons. The molecule has 3 heteroatoms. The molecule has 1 heterocycles. The van der Waals surface area contributed by atoms with Gasteiger partial charge in [0.05, 0.1) is 5.69 Å². The Balaban J connectivity index is 2.05. The molecule has 1 N–H and O–H groups in total. The zero-order valence-corrected chi connectivity index (χ0v) is 11.3. The van der Waals surface area contributed by atoms with Gasteiger partial charge in [-0.15, -0.1) is 0 Å². The predicted molar refractivity (Wildman–Crippen MR) is 77.8 cm³/mol. The van der Waals surface area contributed by atoms with Crippen LogP contribution in [0.15, 0.2) is 48.7 Å². The zero-order chi connectivity index (χ0) is 13.7. The summed E-state index contributed by atoms with van der Waals surface area (Å²) in [7, 11) is 0. The average molecular weight is 254 g/mol.